The van der Waals surface area contributed by atoms with Gasteiger partial charge in [0.1, 0.15) is 48.1 Å². The van der Waals surface area contributed by atoms with Gasteiger partial charge in [0.15, 0.2) is 33.0 Å². The van der Waals surface area contributed by atoms with Crippen LogP contribution in [0.2, 0.25) is 16.6 Å². The number of morpholine rings is 1. The van der Waals surface area contributed by atoms with Crippen LogP contribution in [0, 0.1) is 6.92 Å². The number of H-pyrrole nitrogens is 1. The van der Waals surface area contributed by atoms with Crippen molar-refractivity contribution in [2.45, 2.75) is 141 Å². The lowest BCUT2D eigenvalue weighted by Gasteiger charge is -2.50. The van der Waals surface area contributed by atoms with Crippen molar-refractivity contribution >= 4 is 38.0 Å². The number of methoxy groups -OCH3 is 2. The van der Waals surface area contributed by atoms with Gasteiger partial charge < -0.3 is 66.7 Å². The molecule has 2 aliphatic rings. The number of ether oxygens (including phenoxy) is 11. The first-order valence-corrected chi connectivity index (χ1v) is 30.6. The van der Waals surface area contributed by atoms with Gasteiger partial charge in [0.05, 0.1) is 67.0 Å². The van der Waals surface area contributed by atoms with Gasteiger partial charge in [-0.3, -0.25) is 38.3 Å². The summed E-state index contributed by atoms with van der Waals surface area (Å²) in [5.41, 5.74) is -1.22. The molecule has 0 bridgehead atoms. The van der Waals surface area contributed by atoms with E-state index < -0.39 is 111 Å². The smallest absolute Gasteiger partial charge is 0.330 e. The molecule has 2 N–H and O–H groups in total. The molecule has 85 heavy (non-hydrogen) atoms. The summed E-state index contributed by atoms with van der Waals surface area (Å²) in [6, 6.07) is 23.8. The van der Waals surface area contributed by atoms with E-state index in [0.29, 0.717) is 11.5 Å². The molecule has 3 heterocycles. The summed E-state index contributed by atoms with van der Waals surface area (Å²) in [7, 11) is 0.474. The van der Waals surface area contributed by atoms with Crippen molar-refractivity contribution in [3.8, 4) is 11.5 Å². The Morgan fingerprint density at radius 2 is 1.28 bits per heavy atom. The van der Waals surface area contributed by atoms with Crippen LogP contribution in [0.5, 0.6) is 11.5 Å². The van der Waals surface area contributed by atoms with Crippen molar-refractivity contribution < 1.29 is 80.5 Å². The van der Waals surface area contributed by atoms with Crippen molar-refractivity contribution in [3.05, 3.63) is 128 Å². The molecular formula is C61H84N4O19Si. The molecule has 24 heteroatoms. The highest BCUT2D eigenvalue weighted by molar-refractivity contribution is 6.77. The van der Waals surface area contributed by atoms with Gasteiger partial charge in [-0.15, -0.1) is 0 Å². The van der Waals surface area contributed by atoms with Gasteiger partial charge in [0, 0.05) is 39.5 Å². The van der Waals surface area contributed by atoms with E-state index in [9.17, 15) is 33.6 Å². The number of carbonyl (C=O) groups is 5. The summed E-state index contributed by atoms with van der Waals surface area (Å²) in [4.78, 5) is 94.2. The minimum Gasteiger partial charge on any atom is -0.497 e. The molecule has 2 amide bonds. The minimum atomic E-state index is -2.72. The van der Waals surface area contributed by atoms with E-state index in [1.807, 2.05) is 78.9 Å². The largest absolute Gasteiger partial charge is 0.497 e. The maximum Gasteiger partial charge on any atom is 0.330 e. The zero-order chi connectivity index (χ0) is 62.2. The second-order valence-corrected chi connectivity index (χ2v) is 27.6. The Labute approximate surface area is 497 Å². The Hall–Kier alpha value is -6.77. The van der Waals surface area contributed by atoms with E-state index in [4.69, 9.17) is 56.5 Å². The molecule has 3 aromatic carbocycles. The predicted octanol–water partition coefficient (Wildman–Crippen LogP) is 5.87. The zero-order valence-electron chi connectivity index (χ0n) is 51.0. The van der Waals surface area contributed by atoms with E-state index in [0.717, 1.165) is 30.5 Å². The lowest BCUT2D eigenvalue weighted by atomic mass is 9.79. The number of esters is 3. The van der Waals surface area contributed by atoms with E-state index in [-0.39, 0.29) is 74.9 Å². The average Bonchev–Trinajstić information content (AvgIpc) is 1.41. The number of aryl methyl sites for hydroxylation is 1. The number of amides is 2. The van der Waals surface area contributed by atoms with Gasteiger partial charge in [0.25, 0.3) is 5.56 Å². The first-order valence-electron chi connectivity index (χ1n) is 28.5. The van der Waals surface area contributed by atoms with E-state index >= 15 is 0 Å². The van der Waals surface area contributed by atoms with Crippen LogP contribution in [-0.4, -0.2) is 169 Å². The molecule has 1 aromatic heterocycles. The fraction of sp³-hybridized carbons (Fsp3) is 0.557. The normalized spacial score (nSPS) is 20.9. The summed E-state index contributed by atoms with van der Waals surface area (Å²) < 4.78 is 74.9. The van der Waals surface area contributed by atoms with Crippen LogP contribution < -0.4 is 26.0 Å². The third kappa shape index (κ3) is 16.8. The Morgan fingerprint density at radius 3 is 1.82 bits per heavy atom. The van der Waals surface area contributed by atoms with E-state index in [2.05, 4.69) is 51.8 Å². The fourth-order valence-electron chi connectivity index (χ4n) is 11.5. The standard InChI is InChI=1S/C61H84N4O19Si/c1-38(2)85(39(3)4,40(5)6)80-37-60(36-79-61(46-17-15-14-16-18-46,47-19-23-49(73-12)24-20-47)48-21-25-50(74-13)26-22-48)35-64(32-53(84-60)65-31-41(7)57(71)63-59(65)72)52(70)34-76-28-27-75-29-30-77-58-54(62-42(8)66)56(82-45(11)69)55(81-44(10)68)51(83-58)33-78-43(9)67/h14-26,31,38-40,51,53-56,58H,27-30,32-37H2,1-13H3,(H,62,66)(H,63,71,72)/t51-,53-,54-,55+,56-,58-,60+/m1/s1. The Balaban J connectivity index is 1.29. The molecule has 466 valence electrons. The van der Waals surface area contributed by atoms with Crippen LogP contribution >= 0.6 is 0 Å². The number of aromatic nitrogens is 2. The number of carbonyl (C=O) groups excluding carboxylic acids is 5. The van der Waals surface area contributed by atoms with Gasteiger partial charge in [-0.1, -0.05) is 96.1 Å². The molecule has 0 aliphatic carbocycles. The third-order valence-corrected chi connectivity index (χ3v) is 21.3. The predicted molar refractivity (Wildman–Crippen MR) is 312 cm³/mol. The maximum absolute atomic E-state index is 14.8. The van der Waals surface area contributed by atoms with Crippen LogP contribution in [-0.2, 0) is 76.6 Å². The zero-order valence-corrected chi connectivity index (χ0v) is 52.0. The average molecular weight is 1210 g/mol. The topological polar surface area (TPSA) is 266 Å². The SMILES string of the molecule is COc1ccc(C(OC[C@]2(CO[Si](C(C)C)(C(C)C)C(C)C)CN(C(=O)COCCOCCO[C@@H]3O[C@H](COC(C)=O)[C@H](OC(C)=O)[C@H](OC(C)=O)[C@H]3NC(C)=O)C[C@H](n3cc(C)c(=O)[nH]c3=O)O2)(c2ccccc2)c2ccc(OC)cc2)cc1. The van der Waals surface area contributed by atoms with Gasteiger partial charge in [-0.25, -0.2) is 4.79 Å². The number of rotatable bonds is 29. The molecule has 0 radical (unpaired) electrons. The molecule has 6 rings (SSSR count). The number of hydrogen-bond donors (Lipinski definition) is 2. The van der Waals surface area contributed by atoms with Gasteiger partial charge in [-0.05, 0) is 64.5 Å². The van der Waals surface area contributed by atoms with Crippen molar-refractivity contribution in [2.24, 2.45) is 0 Å². The van der Waals surface area contributed by atoms with Crippen LogP contribution in [0.1, 0.15) is 97.7 Å². The molecule has 2 fully saturated rings. The molecule has 2 saturated heterocycles. The highest BCUT2D eigenvalue weighted by Crippen LogP contribution is 2.46. The Kier molecular flexibility index (Phi) is 24.2. The summed E-state index contributed by atoms with van der Waals surface area (Å²) in [6.07, 6.45) is -4.80. The van der Waals surface area contributed by atoms with Gasteiger partial charge in [-0.2, -0.15) is 0 Å². The molecule has 7 atom stereocenters. The Bertz CT molecular complexity index is 2900. The third-order valence-electron chi connectivity index (χ3n) is 15.2. The van der Waals surface area contributed by atoms with E-state index in [1.54, 1.807) is 26.0 Å². The summed E-state index contributed by atoms with van der Waals surface area (Å²) in [5.74, 6) is -1.87. The van der Waals surface area contributed by atoms with Gasteiger partial charge in [0.2, 0.25) is 11.8 Å². The van der Waals surface area contributed by atoms with Crippen LogP contribution in [0.4, 0.5) is 0 Å². The van der Waals surface area contributed by atoms with Crippen molar-refractivity contribution in [1.82, 2.24) is 19.8 Å². The minimum absolute atomic E-state index is 0.00896. The first-order chi connectivity index (χ1) is 40.4. The molecule has 0 unspecified atom stereocenters. The number of hydrogen-bond acceptors (Lipinski definition) is 19. The Morgan fingerprint density at radius 1 is 0.729 bits per heavy atom. The van der Waals surface area contributed by atoms with Crippen LogP contribution in [0.25, 0.3) is 0 Å². The number of benzene rings is 3. The molecule has 0 spiro atoms. The quantitative estimate of drug-likeness (QED) is 0.0212. The lowest BCUT2D eigenvalue weighted by Crippen LogP contribution is -2.66. The molecular weight excluding hydrogens is 1120 g/mol. The fourth-order valence-corrected chi connectivity index (χ4v) is 17.0. The van der Waals surface area contributed by atoms with E-state index in [1.165, 1.54) is 24.6 Å². The van der Waals surface area contributed by atoms with Crippen LogP contribution in [0.15, 0.2) is 94.6 Å². The van der Waals surface area contributed by atoms with Crippen LogP contribution in [0.3, 0.4) is 0 Å². The first kappa shape index (κ1) is 67.4. The highest BCUT2D eigenvalue weighted by Gasteiger charge is 2.53. The highest BCUT2D eigenvalue weighted by atomic mass is 28.4. The molecule has 4 aromatic rings. The van der Waals surface area contributed by atoms with Crippen molar-refractivity contribution in [2.75, 3.05) is 80.2 Å². The summed E-state index contributed by atoms with van der Waals surface area (Å²) in [6.45, 7) is 17.8. The second-order valence-electron chi connectivity index (χ2n) is 22.2. The second kappa shape index (κ2) is 30.5. The lowest BCUT2D eigenvalue weighted by molar-refractivity contribution is -0.279. The monoisotopic (exact) mass is 1200 g/mol. The molecule has 0 saturated carbocycles. The summed E-state index contributed by atoms with van der Waals surface area (Å²) >= 11 is 0. The maximum atomic E-state index is 14.8. The molecule has 23 nitrogen and oxygen atoms in total. The number of nitrogens with one attached hydrogen (secondary N) is 2. The van der Waals surface area contributed by atoms with Crippen molar-refractivity contribution in [3.63, 3.8) is 0 Å². The molecule has 2 aliphatic heterocycles. The van der Waals surface area contributed by atoms with Gasteiger partial charge >= 0.3 is 23.6 Å². The van der Waals surface area contributed by atoms with Crippen molar-refractivity contribution in [1.29, 1.82) is 0 Å². The number of aromatic amines is 1. The number of nitrogens with zero attached hydrogens (tertiary/aromatic N) is 2. The summed E-state index contributed by atoms with van der Waals surface area (Å²) in [5, 5.41) is 2.65.